The highest BCUT2D eigenvalue weighted by atomic mass is 15.1. The van der Waals surface area contributed by atoms with Crippen molar-refractivity contribution < 1.29 is 0 Å². The van der Waals surface area contributed by atoms with Gasteiger partial charge >= 0.3 is 0 Å². The number of nitrogens with one attached hydrogen (secondary N) is 1. The summed E-state index contributed by atoms with van der Waals surface area (Å²) < 4.78 is 0. The van der Waals surface area contributed by atoms with Crippen molar-refractivity contribution in [1.82, 2.24) is 10.2 Å². The molecule has 1 atom stereocenters. The van der Waals surface area contributed by atoms with Crippen LogP contribution in [0.25, 0.3) is 0 Å². The first-order chi connectivity index (χ1) is 7.65. The van der Waals surface area contributed by atoms with Crippen molar-refractivity contribution in [1.29, 1.82) is 0 Å². The second-order valence-electron chi connectivity index (χ2n) is 4.50. The van der Waals surface area contributed by atoms with Crippen molar-refractivity contribution >= 4 is 0 Å². The summed E-state index contributed by atoms with van der Waals surface area (Å²) in [6.07, 6.45) is 0. The van der Waals surface area contributed by atoms with E-state index in [4.69, 9.17) is 0 Å². The van der Waals surface area contributed by atoms with Crippen LogP contribution < -0.4 is 5.32 Å². The van der Waals surface area contributed by atoms with Crippen molar-refractivity contribution in [2.45, 2.75) is 33.4 Å². The van der Waals surface area contributed by atoms with Crippen LogP contribution in [-0.4, -0.2) is 31.1 Å². The predicted octanol–water partition coefficient (Wildman–Crippen LogP) is 2.42. The Labute approximate surface area is 99.7 Å². The fourth-order valence-corrected chi connectivity index (χ4v) is 1.72. The molecular formula is C14H24N2. The van der Waals surface area contributed by atoms with E-state index in [1.54, 1.807) is 0 Å². The molecule has 16 heavy (non-hydrogen) atoms. The van der Waals surface area contributed by atoms with Gasteiger partial charge in [0, 0.05) is 19.1 Å². The zero-order valence-corrected chi connectivity index (χ0v) is 11.0. The largest absolute Gasteiger partial charge is 0.315 e. The number of hydrogen-bond donors (Lipinski definition) is 1. The quantitative estimate of drug-likeness (QED) is 0.792. The van der Waals surface area contributed by atoms with Crippen molar-refractivity contribution in [3.8, 4) is 0 Å². The van der Waals surface area contributed by atoms with Crippen LogP contribution in [0.5, 0.6) is 0 Å². The summed E-state index contributed by atoms with van der Waals surface area (Å²) in [6.45, 7) is 9.72. The van der Waals surface area contributed by atoms with E-state index in [2.05, 4.69) is 62.3 Å². The lowest BCUT2D eigenvalue weighted by molar-refractivity contribution is 0.243. The lowest BCUT2D eigenvalue weighted by atomic mass is 10.1. The molecule has 0 aliphatic rings. The van der Waals surface area contributed by atoms with Crippen LogP contribution in [-0.2, 0) is 6.54 Å². The molecule has 90 valence electrons. The third-order valence-electron chi connectivity index (χ3n) is 3.12. The maximum absolute atomic E-state index is 3.39. The zero-order chi connectivity index (χ0) is 12.0. The van der Waals surface area contributed by atoms with Crippen molar-refractivity contribution in [3.05, 3.63) is 35.4 Å². The van der Waals surface area contributed by atoms with Gasteiger partial charge in [-0.05, 0) is 38.6 Å². The van der Waals surface area contributed by atoms with Crippen LogP contribution in [0.2, 0.25) is 0 Å². The molecule has 2 nitrogen and oxygen atoms in total. The Morgan fingerprint density at radius 2 is 2.00 bits per heavy atom. The van der Waals surface area contributed by atoms with Crippen LogP contribution >= 0.6 is 0 Å². The molecule has 0 bridgehead atoms. The second-order valence-corrected chi connectivity index (χ2v) is 4.50. The smallest absolute Gasteiger partial charge is 0.0236 e. The Balaban J connectivity index is 2.50. The van der Waals surface area contributed by atoms with Gasteiger partial charge in [0.15, 0.2) is 0 Å². The molecule has 0 saturated heterocycles. The van der Waals surface area contributed by atoms with Crippen LogP contribution in [0.1, 0.15) is 25.0 Å². The van der Waals surface area contributed by atoms with Crippen molar-refractivity contribution in [3.63, 3.8) is 0 Å². The Hall–Kier alpha value is -0.860. The Morgan fingerprint density at radius 3 is 2.62 bits per heavy atom. The summed E-state index contributed by atoms with van der Waals surface area (Å²) in [4.78, 5) is 2.39. The molecule has 2 heteroatoms. The summed E-state index contributed by atoms with van der Waals surface area (Å²) >= 11 is 0. The second kappa shape index (κ2) is 6.66. The summed E-state index contributed by atoms with van der Waals surface area (Å²) in [7, 11) is 2.19. The fraction of sp³-hybridized carbons (Fsp3) is 0.571. The molecule has 1 N–H and O–H groups in total. The van der Waals surface area contributed by atoms with Gasteiger partial charge in [-0.3, -0.25) is 4.90 Å². The Morgan fingerprint density at radius 1 is 1.31 bits per heavy atom. The van der Waals surface area contributed by atoms with E-state index in [1.807, 2.05) is 0 Å². The van der Waals surface area contributed by atoms with Crippen molar-refractivity contribution in [2.75, 3.05) is 20.1 Å². The van der Waals surface area contributed by atoms with Crippen LogP contribution in [0.15, 0.2) is 24.3 Å². The van der Waals surface area contributed by atoms with Gasteiger partial charge in [-0.2, -0.15) is 0 Å². The number of likely N-dealkylation sites (N-methyl/N-ethyl adjacent to an activating group) is 2. The zero-order valence-electron chi connectivity index (χ0n) is 11.0. The number of hydrogen-bond acceptors (Lipinski definition) is 2. The van der Waals surface area contributed by atoms with Gasteiger partial charge in [0.25, 0.3) is 0 Å². The third kappa shape index (κ3) is 3.95. The molecule has 1 aromatic rings. The molecule has 0 fully saturated rings. The molecule has 0 aliphatic heterocycles. The average Bonchev–Trinajstić information content (AvgIpc) is 2.28. The maximum atomic E-state index is 3.39. The van der Waals surface area contributed by atoms with Gasteiger partial charge in [-0.15, -0.1) is 0 Å². The fourth-order valence-electron chi connectivity index (χ4n) is 1.72. The van der Waals surface area contributed by atoms with Gasteiger partial charge in [-0.25, -0.2) is 0 Å². The SMILES string of the molecule is CCNCC(C)N(C)Cc1ccccc1C. The van der Waals surface area contributed by atoms with Gasteiger partial charge < -0.3 is 5.32 Å². The number of aryl methyl sites for hydroxylation is 1. The number of nitrogens with zero attached hydrogens (tertiary/aromatic N) is 1. The summed E-state index contributed by atoms with van der Waals surface area (Å²) in [5.74, 6) is 0. The van der Waals surface area contributed by atoms with Gasteiger partial charge in [0.05, 0.1) is 0 Å². The van der Waals surface area contributed by atoms with Gasteiger partial charge in [-0.1, -0.05) is 31.2 Å². The van der Waals surface area contributed by atoms with E-state index in [9.17, 15) is 0 Å². The summed E-state index contributed by atoms with van der Waals surface area (Å²) in [6, 6.07) is 9.18. The maximum Gasteiger partial charge on any atom is 0.0236 e. The van der Waals surface area contributed by atoms with Gasteiger partial charge in [0.1, 0.15) is 0 Å². The molecule has 0 aromatic heterocycles. The van der Waals surface area contributed by atoms with E-state index in [0.29, 0.717) is 6.04 Å². The monoisotopic (exact) mass is 220 g/mol. The number of benzene rings is 1. The molecule has 0 radical (unpaired) electrons. The first kappa shape index (κ1) is 13.2. The molecule has 1 unspecified atom stereocenters. The van der Waals surface area contributed by atoms with E-state index < -0.39 is 0 Å². The Bertz CT molecular complexity index is 309. The van der Waals surface area contributed by atoms with E-state index >= 15 is 0 Å². The van der Waals surface area contributed by atoms with E-state index in [0.717, 1.165) is 19.6 Å². The molecule has 0 amide bonds. The highest BCUT2D eigenvalue weighted by molar-refractivity contribution is 5.25. The van der Waals surface area contributed by atoms with Crippen LogP contribution in [0.4, 0.5) is 0 Å². The summed E-state index contributed by atoms with van der Waals surface area (Å²) in [5.41, 5.74) is 2.80. The standard InChI is InChI=1S/C14H24N2/c1-5-15-10-13(3)16(4)11-14-9-7-6-8-12(14)2/h6-9,13,15H,5,10-11H2,1-4H3. The normalized spacial score (nSPS) is 13.1. The molecule has 1 aromatic carbocycles. The molecule has 0 aliphatic carbocycles. The van der Waals surface area contributed by atoms with E-state index in [1.165, 1.54) is 11.1 Å². The molecule has 0 spiro atoms. The van der Waals surface area contributed by atoms with Gasteiger partial charge in [0.2, 0.25) is 0 Å². The third-order valence-corrected chi connectivity index (χ3v) is 3.12. The topological polar surface area (TPSA) is 15.3 Å². The van der Waals surface area contributed by atoms with Crippen LogP contribution in [0, 0.1) is 6.92 Å². The molecule has 0 heterocycles. The lowest BCUT2D eigenvalue weighted by Crippen LogP contribution is -2.37. The Kier molecular flexibility index (Phi) is 5.50. The number of rotatable bonds is 6. The minimum atomic E-state index is 0.569. The molecular weight excluding hydrogens is 196 g/mol. The highest BCUT2D eigenvalue weighted by Crippen LogP contribution is 2.10. The summed E-state index contributed by atoms with van der Waals surface area (Å²) in [5, 5.41) is 3.39. The van der Waals surface area contributed by atoms with Crippen molar-refractivity contribution in [2.24, 2.45) is 0 Å². The first-order valence-corrected chi connectivity index (χ1v) is 6.10. The average molecular weight is 220 g/mol. The highest BCUT2D eigenvalue weighted by Gasteiger charge is 2.09. The minimum Gasteiger partial charge on any atom is -0.315 e. The van der Waals surface area contributed by atoms with Crippen LogP contribution in [0.3, 0.4) is 0 Å². The predicted molar refractivity (Wildman–Crippen MR) is 70.7 cm³/mol. The first-order valence-electron chi connectivity index (χ1n) is 6.10. The lowest BCUT2D eigenvalue weighted by Gasteiger charge is -2.25. The minimum absolute atomic E-state index is 0.569. The molecule has 1 rings (SSSR count). The molecule has 0 saturated carbocycles. The van der Waals surface area contributed by atoms with E-state index in [-0.39, 0.29) is 0 Å².